The Balaban J connectivity index is 2.40. The van der Waals surface area contributed by atoms with Gasteiger partial charge in [0.1, 0.15) is 0 Å². The number of thiol groups is 1. The summed E-state index contributed by atoms with van der Waals surface area (Å²) in [6.45, 7) is 1.88. The molecule has 1 rings (SSSR count). The molecule has 0 saturated heterocycles. The third-order valence-electron chi connectivity index (χ3n) is 1.99. The summed E-state index contributed by atoms with van der Waals surface area (Å²) in [7, 11) is 0. The minimum Gasteiger partial charge on any atom is -0.351 e. The van der Waals surface area contributed by atoms with Crippen molar-refractivity contribution in [2.24, 2.45) is 5.73 Å². The number of nitrogens with two attached hydrogens (primary N) is 1. The zero-order valence-corrected chi connectivity index (χ0v) is 9.50. The molecule has 0 aliphatic carbocycles. The Hall–Kier alpha value is -1.01. The zero-order valence-electron chi connectivity index (χ0n) is 8.60. The Morgan fingerprint density at radius 2 is 2.53 bits per heavy atom. The Kier molecular flexibility index (Phi) is 4.64. The highest BCUT2D eigenvalue weighted by Crippen LogP contribution is 1.97. The number of nitrogens with one attached hydrogen (secondary N) is 2. The lowest BCUT2D eigenvalue weighted by atomic mass is 10.1. The van der Waals surface area contributed by atoms with Crippen molar-refractivity contribution >= 4 is 18.5 Å². The number of aromatic amines is 1. The van der Waals surface area contributed by atoms with Crippen LogP contribution < -0.4 is 11.1 Å². The van der Waals surface area contributed by atoms with Gasteiger partial charge < -0.3 is 16.0 Å². The van der Waals surface area contributed by atoms with Crippen molar-refractivity contribution in [1.29, 1.82) is 0 Å². The predicted octanol–water partition coefficient (Wildman–Crippen LogP) is -0.286. The first-order valence-corrected chi connectivity index (χ1v) is 5.40. The Morgan fingerprint density at radius 3 is 3.07 bits per heavy atom. The summed E-state index contributed by atoms with van der Waals surface area (Å²) < 4.78 is 0. The van der Waals surface area contributed by atoms with Gasteiger partial charge in [-0.2, -0.15) is 12.6 Å². The van der Waals surface area contributed by atoms with Crippen LogP contribution in [0, 0.1) is 0 Å². The molecule has 5 nitrogen and oxygen atoms in total. The third-order valence-corrected chi connectivity index (χ3v) is 2.54. The molecule has 2 atom stereocenters. The molecule has 0 saturated carbocycles. The van der Waals surface area contributed by atoms with E-state index >= 15 is 0 Å². The van der Waals surface area contributed by atoms with Crippen LogP contribution in [0.3, 0.4) is 0 Å². The first-order chi connectivity index (χ1) is 7.13. The molecular formula is C9H16N4OS. The fourth-order valence-electron chi connectivity index (χ4n) is 1.12. The normalized spacial score (nSPS) is 14.6. The zero-order chi connectivity index (χ0) is 11.3. The van der Waals surface area contributed by atoms with Crippen LogP contribution in [-0.2, 0) is 11.2 Å². The molecule has 1 unspecified atom stereocenters. The van der Waals surface area contributed by atoms with Gasteiger partial charge in [-0.25, -0.2) is 4.98 Å². The van der Waals surface area contributed by atoms with E-state index in [1.807, 2.05) is 6.92 Å². The lowest BCUT2D eigenvalue weighted by Gasteiger charge is -2.15. The van der Waals surface area contributed by atoms with Gasteiger partial charge >= 0.3 is 0 Å². The second-order valence-electron chi connectivity index (χ2n) is 3.48. The van der Waals surface area contributed by atoms with Gasteiger partial charge in [-0.3, -0.25) is 4.79 Å². The van der Waals surface area contributed by atoms with Gasteiger partial charge in [0.15, 0.2) is 0 Å². The minimum absolute atomic E-state index is 0.0358. The number of rotatable bonds is 5. The molecule has 15 heavy (non-hydrogen) atoms. The van der Waals surface area contributed by atoms with Gasteiger partial charge in [0.25, 0.3) is 0 Å². The topological polar surface area (TPSA) is 83.8 Å². The molecule has 0 aliphatic heterocycles. The second-order valence-corrected chi connectivity index (χ2v) is 3.84. The van der Waals surface area contributed by atoms with E-state index in [-0.39, 0.29) is 11.9 Å². The molecule has 1 aromatic heterocycles. The molecule has 1 heterocycles. The van der Waals surface area contributed by atoms with Gasteiger partial charge in [0.2, 0.25) is 5.91 Å². The quantitative estimate of drug-likeness (QED) is 0.523. The molecule has 0 radical (unpaired) electrons. The first-order valence-electron chi connectivity index (χ1n) is 4.77. The minimum atomic E-state index is -0.548. The molecular weight excluding hydrogens is 212 g/mol. The number of imidazole rings is 1. The number of hydrogen-bond donors (Lipinski definition) is 4. The molecule has 4 N–H and O–H groups in total. The van der Waals surface area contributed by atoms with E-state index < -0.39 is 6.04 Å². The van der Waals surface area contributed by atoms with Gasteiger partial charge in [0, 0.05) is 30.1 Å². The van der Waals surface area contributed by atoms with Crippen molar-refractivity contribution in [2.75, 3.05) is 5.75 Å². The smallest absolute Gasteiger partial charge is 0.237 e. The summed E-state index contributed by atoms with van der Waals surface area (Å²) in [6.07, 6.45) is 3.69. The molecule has 84 valence electrons. The van der Waals surface area contributed by atoms with Crippen LogP contribution in [0.15, 0.2) is 12.5 Å². The molecule has 1 aromatic rings. The summed E-state index contributed by atoms with van der Waals surface area (Å²) in [5, 5.41) is 2.77. The van der Waals surface area contributed by atoms with Crippen molar-refractivity contribution in [3.8, 4) is 0 Å². The van der Waals surface area contributed by atoms with E-state index in [0.29, 0.717) is 12.2 Å². The van der Waals surface area contributed by atoms with Crippen molar-refractivity contribution in [1.82, 2.24) is 15.3 Å². The highest BCUT2D eigenvalue weighted by molar-refractivity contribution is 7.80. The van der Waals surface area contributed by atoms with Crippen LogP contribution >= 0.6 is 12.6 Å². The van der Waals surface area contributed by atoms with Gasteiger partial charge in [-0.1, -0.05) is 0 Å². The third kappa shape index (κ3) is 3.93. The van der Waals surface area contributed by atoms with Crippen LogP contribution in [0.4, 0.5) is 0 Å². The number of carbonyl (C=O) groups excluding carboxylic acids is 1. The molecule has 1 amide bonds. The SMILES string of the molecule is CC(CS)NC(=O)[C@H](N)Cc1cnc[nH]1. The number of aromatic nitrogens is 2. The predicted molar refractivity (Wildman–Crippen MR) is 61.7 cm³/mol. The van der Waals surface area contributed by atoms with E-state index in [4.69, 9.17) is 5.73 Å². The van der Waals surface area contributed by atoms with Crippen LogP contribution in [0.25, 0.3) is 0 Å². The summed E-state index contributed by atoms with van der Waals surface area (Å²) in [6, 6.07) is -0.513. The molecule has 0 aliphatic rings. The highest BCUT2D eigenvalue weighted by Gasteiger charge is 2.15. The lowest BCUT2D eigenvalue weighted by Crippen LogP contribution is -2.46. The van der Waals surface area contributed by atoms with Crippen LogP contribution in [0.5, 0.6) is 0 Å². The van der Waals surface area contributed by atoms with Crippen molar-refractivity contribution < 1.29 is 4.79 Å². The molecule has 0 spiro atoms. The molecule has 0 bridgehead atoms. The van der Waals surface area contributed by atoms with Gasteiger partial charge in [-0.15, -0.1) is 0 Å². The van der Waals surface area contributed by atoms with E-state index in [1.165, 1.54) is 0 Å². The number of amides is 1. The highest BCUT2D eigenvalue weighted by atomic mass is 32.1. The summed E-state index contributed by atoms with van der Waals surface area (Å²) in [5.74, 6) is 0.439. The monoisotopic (exact) mass is 228 g/mol. The van der Waals surface area contributed by atoms with Crippen molar-refractivity contribution in [3.63, 3.8) is 0 Å². The first kappa shape index (κ1) is 12.1. The van der Waals surface area contributed by atoms with Crippen LogP contribution in [0.1, 0.15) is 12.6 Å². The average molecular weight is 228 g/mol. The number of hydrogen-bond acceptors (Lipinski definition) is 4. The second kappa shape index (κ2) is 5.77. The lowest BCUT2D eigenvalue weighted by molar-refractivity contribution is -0.122. The summed E-state index contributed by atoms with van der Waals surface area (Å²) in [4.78, 5) is 18.3. The van der Waals surface area contributed by atoms with Crippen molar-refractivity contribution in [2.45, 2.75) is 25.4 Å². The molecule has 6 heteroatoms. The van der Waals surface area contributed by atoms with E-state index in [9.17, 15) is 4.79 Å². The fourth-order valence-corrected chi connectivity index (χ4v) is 1.21. The average Bonchev–Trinajstić information content (AvgIpc) is 2.70. The van der Waals surface area contributed by atoms with Crippen LogP contribution in [-0.4, -0.2) is 33.7 Å². The maximum Gasteiger partial charge on any atom is 0.237 e. The van der Waals surface area contributed by atoms with Gasteiger partial charge in [-0.05, 0) is 6.92 Å². The number of carbonyl (C=O) groups is 1. The Morgan fingerprint density at radius 1 is 1.80 bits per heavy atom. The number of H-pyrrole nitrogens is 1. The number of nitrogens with zero attached hydrogens (tertiary/aromatic N) is 1. The summed E-state index contributed by atoms with van der Waals surface area (Å²) in [5.41, 5.74) is 6.58. The Labute approximate surface area is 94.3 Å². The van der Waals surface area contributed by atoms with E-state index in [2.05, 4.69) is 27.9 Å². The maximum absolute atomic E-state index is 11.5. The van der Waals surface area contributed by atoms with E-state index in [0.717, 1.165) is 5.69 Å². The van der Waals surface area contributed by atoms with Gasteiger partial charge in [0.05, 0.1) is 12.4 Å². The Bertz CT molecular complexity index is 301. The van der Waals surface area contributed by atoms with E-state index in [1.54, 1.807) is 12.5 Å². The molecule has 0 aromatic carbocycles. The van der Waals surface area contributed by atoms with Crippen LogP contribution in [0.2, 0.25) is 0 Å². The maximum atomic E-state index is 11.5. The standard InChI is InChI=1S/C9H16N4OS/c1-6(4-15)13-9(14)8(10)2-7-3-11-5-12-7/h3,5-6,8,15H,2,4,10H2,1H3,(H,11,12)(H,13,14)/t6?,8-/m1/s1. The summed E-state index contributed by atoms with van der Waals surface area (Å²) >= 11 is 4.08. The van der Waals surface area contributed by atoms with Crippen molar-refractivity contribution in [3.05, 3.63) is 18.2 Å². The molecule has 0 fully saturated rings. The fraction of sp³-hybridized carbons (Fsp3) is 0.556. The largest absolute Gasteiger partial charge is 0.351 e.